The van der Waals surface area contributed by atoms with Gasteiger partial charge in [0.15, 0.2) is 9.84 Å². The highest BCUT2D eigenvalue weighted by molar-refractivity contribution is 7.93. The van der Waals surface area contributed by atoms with E-state index in [-0.39, 0.29) is 15.5 Å². The molecule has 0 fully saturated rings. The van der Waals surface area contributed by atoms with Crippen LogP contribution in [0.25, 0.3) is 0 Å². The predicted molar refractivity (Wildman–Crippen MR) is 88.1 cm³/mol. The van der Waals surface area contributed by atoms with E-state index in [0.29, 0.717) is 5.69 Å². The van der Waals surface area contributed by atoms with Crippen molar-refractivity contribution < 1.29 is 21.6 Å². The van der Waals surface area contributed by atoms with E-state index in [4.69, 9.17) is 4.74 Å². The molecule has 0 heterocycles. The van der Waals surface area contributed by atoms with Crippen LogP contribution in [-0.2, 0) is 19.9 Å². The molecule has 0 saturated carbocycles. The van der Waals surface area contributed by atoms with Gasteiger partial charge in [-0.05, 0) is 30.3 Å². The number of hydrogen-bond donors (Lipinski definition) is 0. The second kappa shape index (κ2) is 6.21. The molecule has 124 valence electrons. The highest BCUT2D eigenvalue weighted by atomic mass is 32.2. The van der Waals surface area contributed by atoms with E-state index >= 15 is 0 Å². The number of ether oxygens (including phenoxy) is 1. The van der Waals surface area contributed by atoms with Crippen molar-refractivity contribution in [2.24, 2.45) is 0 Å². The number of anilines is 1. The summed E-state index contributed by atoms with van der Waals surface area (Å²) in [6, 6.07) is 12.3. The number of sulfonamides is 1. The van der Waals surface area contributed by atoms with Gasteiger partial charge in [0.2, 0.25) is 0 Å². The van der Waals surface area contributed by atoms with Crippen molar-refractivity contribution in [3.05, 3.63) is 48.5 Å². The topological polar surface area (TPSA) is 80.8 Å². The normalized spacial score (nSPS) is 12.0. The van der Waals surface area contributed by atoms with E-state index in [1.54, 1.807) is 30.3 Å². The Hall–Kier alpha value is -2.06. The van der Waals surface area contributed by atoms with Gasteiger partial charge in [-0.1, -0.05) is 18.2 Å². The Morgan fingerprint density at radius 3 is 2.09 bits per heavy atom. The van der Waals surface area contributed by atoms with Crippen LogP contribution < -0.4 is 9.04 Å². The van der Waals surface area contributed by atoms with Gasteiger partial charge >= 0.3 is 0 Å². The van der Waals surface area contributed by atoms with E-state index in [2.05, 4.69) is 0 Å². The summed E-state index contributed by atoms with van der Waals surface area (Å²) in [5, 5.41) is 0. The van der Waals surface area contributed by atoms with Crippen LogP contribution in [0.3, 0.4) is 0 Å². The zero-order valence-electron chi connectivity index (χ0n) is 12.9. The highest BCUT2D eigenvalue weighted by Gasteiger charge is 2.27. The number of nitrogens with zero attached hydrogens (tertiary/aromatic N) is 1. The minimum absolute atomic E-state index is 0.0835. The minimum atomic E-state index is -3.97. The molecule has 0 radical (unpaired) electrons. The van der Waals surface area contributed by atoms with Crippen molar-refractivity contribution in [2.45, 2.75) is 9.79 Å². The maximum absolute atomic E-state index is 12.8. The standard InChI is InChI=1S/C15H17NO5S2/c1-16(12-7-5-4-6-8-12)23(19,20)15-11-13(22(3,17)18)9-10-14(15)21-2/h4-11H,1-3H3. The fourth-order valence-electron chi connectivity index (χ4n) is 2.01. The van der Waals surface area contributed by atoms with E-state index in [1.165, 1.54) is 26.3 Å². The molecule has 0 aliphatic rings. The molecule has 0 bridgehead atoms. The monoisotopic (exact) mass is 355 g/mol. The van der Waals surface area contributed by atoms with E-state index < -0.39 is 19.9 Å². The third-order valence-electron chi connectivity index (χ3n) is 3.32. The van der Waals surface area contributed by atoms with Gasteiger partial charge in [0.05, 0.1) is 17.7 Å². The predicted octanol–water partition coefficient (Wildman–Crippen LogP) is 1.92. The lowest BCUT2D eigenvalue weighted by molar-refractivity contribution is 0.402. The summed E-state index contributed by atoms with van der Waals surface area (Å²) in [6.45, 7) is 0. The van der Waals surface area contributed by atoms with E-state index in [9.17, 15) is 16.8 Å². The maximum atomic E-state index is 12.8. The van der Waals surface area contributed by atoms with Gasteiger partial charge in [0.25, 0.3) is 10.0 Å². The summed E-state index contributed by atoms with van der Waals surface area (Å²) in [7, 11) is -4.78. The fraction of sp³-hybridized carbons (Fsp3) is 0.200. The van der Waals surface area contributed by atoms with Crippen LogP contribution in [-0.4, -0.2) is 37.2 Å². The van der Waals surface area contributed by atoms with Gasteiger partial charge in [0.1, 0.15) is 10.6 Å². The van der Waals surface area contributed by atoms with Crippen molar-refractivity contribution in [1.29, 1.82) is 0 Å². The average molecular weight is 355 g/mol. The number of rotatable bonds is 5. The van der Waals surface area contributed by atoms with Crippen LogP contribution in [0.2, 0.25) is 0 Å². The molecule has 2 aromatic carbocycles. The summed E-state index contributed by atoms with van der Waals surface area (Å²) in [4.78, 5) is -0.285. The fourth-order valence-corrected chi connectivity index (χ4v) is 4.11. The Balaban J connectivity index is 2.63. The molecule has 0 amide bonds. The number of para-hydroxylation sites is 1. The van der Waals surface area contributed by atoms with Crippen molar-refractivity contribution >= 4 is 25.5 Å². The Bertz CT molecular complexity index is 906. The Morgan fingerprint density at radius 2 is 1.57 bits per heavy atom. The van der Waals surface area contributed by atoms with E-state index in [1.807, 2.05) is 0 Å². The molecule has 0 aromatic heterocycles. The van der Waals surface area contributed by atoms with Crippen LogP contribution in [0.4, 0.5) is 5.69 Å². The van der Waals surface area contributed by atoms with Gasteiger partial charge in [-0.3, -0.25) is 4.31 Å². The lowest BCUT2D eigenvalue weighted by atomic mass is 10.3. The first kappa shape index (κ1) is 17.3. The van der Waals surface area contributed by atoms with Crippen LogP contribution in [0.1, 0.15) is 0 Å². The summed E-state index contributed by atoms with van der Waals surface area (Å²) < 4.78 is 55.3. The number of benzene rings is 2. The molecule has 2 rings (SSSR count). The molecule has 0 atom stereocenters. The second-order valence-electron chi connectivity index (χ2n) is 4.89. The number of methoxy groups -OCH3 is 1. The van der Waals surface area contributed by atoms with Crippen molar-refractivity contribution in [3.8, 4) is 5.75 Å². The summed E-state index contributed by atoms with van der Waals surface area (Å²) in [6.07, 6.45) is 1.02. The van der Waals surface area contributed by atoms with Crippen molar-refractivity contribution in [2.75, 3.05) is 24.7 Å². The molecule has 8 heteroatoms. The molecular weight excluding hydrogens is 338 g/mol. The van der Waals surface area contributed by atoms with Gasteiger partial charge in [0, 0.05) is 13.3 Å². The van der Waals surface area contributed by atoms with Crippen LogP contribution >= 0.6 is 0 Å². The molecular formula is C15H17NO5S2. The number of sulfone groups is 1. The summed E-state index contributed by atoms with van der Waals surface area (Å²) in [5.74, 6) is 0.0835. The number of hydrogen-bond acceptors (Lipinski definition) is 5. The molecule has 0 aliphatic carbocycles. The Kier molecular flexibility index (Phi) is 4.67. The zero-order valence-corrected chi connectivity index (χ0v) is 14.6. The molecule has 0 aliphatic heterocycles. The third kappa shape index (κ3) is 3.48. The smallest absolute Gasteiger partial charge is 0.267 e. The first-order chi connectivity index (χ1) is 10.7. The maximum Gasteiger partial charge on any atom is 0.267 e. The highest BCUT2D eigenvalue weighted by Crippen LogP contribution is 2.31. The van der Waals surface area contributed by atoms with Crippen LogP contribution in [0.5, 0.6) is 5.75 Å². The van der Waals surface area contributed by atoms with Crippen LogP contribution in [0.15, 0.2) is 58.3 Å². The Morgan fingerprint density at radius 1 is 0.957 bits per heavy atom. The summed E-state index contributed by atoms with van der Waals surface area (Å²) >= 11 is 0. The SMILES string of the molecule is COc1ccc(S(C)(=O)=O)cc1S(=O)(=O)N(C)c1ccccc1. The van der Waals surface area contributed by atoms with Crippen LogP contribution in [0, 0.1) is 0 Å². The van der Waals surface area contributed by atoms with E-state index in [0.717, 1.165) is 16.6 Å². The lowest BCUT2D eigenvalue weighted by Crippen LogP contribution is -2.27. The molecule has 6 nitrogen and oxygen atoms in total. The molecule has 0 N–H and O–H groups in total. The zero-order chi connectivity index (χ0) is 17.3. The van der Waals surface area contributed by atoms with Gasteiger partial charge in [-0.2, -0.15) is 0 Å². The molecule has 0 saturated heterocycles. The average Bonchev–Trinajstić information content (AvgIpc) is 2.53. The lowest BCUT2D eigenvalue weighted by Gasteiger charge is -2.21. The second-order valence-corrected chi connectivity index (χ2v) is 8.85. The quantitative estimate of drug-likeness (QED) is 0.818. The molecule has 2 aromatic rings. The molecule has 23 heavy (non-hydrogen) atoms. The molecule has 0 spiro atoms. The van der Waals surface area contributed by atoms with Gasteiger partial charge in [-0.15, -0.1) is 0 Å². The largest absolute Gasteiger partial charge is 0.495 e. The third-order valence-corrected chi connectivity index (χ3v) is 6.24. The van der Waals surface area contributed by atoms with Gasteiger partial charge < -0.3 is 4.74 Å². The Labute approximate surface area is 136 Å². The molecule has 0 unspecified atom stereocenters. The summed E-state index contributed by atoms with van der Waals surface area (Å²) in [5.41, 5.74) is 0.458. The first-order valence-electron chi connectivity index (χ1n) is 6.60. The van der Waals surface area contributed by atoms with Crippen molar-refractivity contribution in [1.82, 2.24) is 0 Å². The minimum Gasteiger partial charge on any atom is -0.495 e. The van der Waals surface area contributed by atoms with Gasteiger partial charge in [-0.25, -0.2) is 16.8 Å². The van der Waals surface area contributed by atoms with Crippen molar-refractivity contribution in [3.63, 3.8) is 0 Å². The first-order valence-corrected chi connectivity index (χ1v) is 9.93.